The molecule has 1 aromatic carbocycles. The molecule has 0 fully saturated rings. The molecule has 1 aromatic heterocycles. The van der Waals surface area contributed by atoms with Crippen LogP contribution in [0.15, 0.2) is 53.8 Å². The molecule has 14 heteroatoms. The van der Waals surface area contributed by atoms with Gasteiger partial charge in [0.2, 0.25) is 17.7 Å². The second-order valence-electron chi connectivity index (χ2n) is 9.30. The number of hydrogen-bond acceptors (Lipinski definition) is 8. The number of amides is 3. The van der Waals surface area contributed by atoms with Gasteiger partial charge in [0.25, 0.3) is 5.97 Å². The Balaban J connectivity index is 0.00000206. The van der Waals surface area contributed by atoms with Crippen molar-refractivity contribution >= 4 is 29.7 Å². The monoisotopic (exact) mass is 586 g/mol. The predicted octanol–water partition coefficient (Wildman–Crippen LogP) is -0.506. The molecule has 0 aliphatic heterocycles. The summed E-state index contributed by atoms with van der Waals surface area (Å²) in [6, 6.07) is 8.29. The highest BCUT2D eigenvalue weighted by molar-refractivity contribution is 5.91. The average molecular weight is 587 g/mol. The van der Waals surface area contributed by atoms with E-state index < -0.39 is 29.9 Å². The number of aromatic nitrogens is 1. The Morgan fingerprint density at radius 3 is 2.21 bits per heavy atom. The molecule has 42 heavy (non-hydrogen) atoms. The Bertz CT molecular complexity index is 1150. The lowest BCUT2D eigenvalue weighted by atomic mass is 10.0. The van der Waals surface area contributed by atoms with Crippen LogP contribution in [0, 0.1) is 0 Å². The summed E-state index contributed by atoms with van der Waals surface area (Å²) < 4.78 is 0. The fourth-order valence-corrected chi connectivity index (χ4v) is 3.70. The van der Waals surface area contributed by atoms with Crippen LogP contribution >= 0.6 is 0 Å². The number of nitrogens with zero attached hydrogens (tertiary/aromatic N) is 3. The van der Waals surface area contributed by atoms with E-state index in [2.05, 4.69) is 20.6 Å². The lowest BCUT2D eigenvalue weighted by molar-refractivity contribution is -0.134. The van der Waals surface area contributed by atoms with Crippen molar-refractivity contribution in [3.05, 3.63) is 59.9 Å². The van der Waals surface area contributed by atoms with Crippen LogP contribution in [0.4, 0.5) is 0 Å². The van der Waals surface area contributed by atoms with Crippen LogP contribution < -0.4 is 27.8 Å². The van der Waals surface area contributed by atoms with Gasteiger partial charge in [-0.05, 0) is 68.0 Å². The van der Waals surface area contributed by atoms with Crippen molar-refractivity contribution in [1.29, 1.82) is 0 Å². The number of carbonyl (C=O) groups excluding carboxylic acids is 3. The number of pyridine rings is 1. The van der Waals surface area contributed by atoms with Crippen molar-refractivity contribution in [2.45, 2.75) is 51.6 Å². The maximum absolute atomic E-state index is 13.0. The van der Waals surface area contributed by atoms with Crippen LogP contribution in [0.1, 0.15) is 37.8 Å². The minimum Gasteiger partial charge on any atom is -0.508 e. The van der Waals surface area contributed by atoms with Gasteiger partial charge in [0, 0.05) is 39.0 Å². The molecule has 10 N–H and O–H groups in total. The molecule has 0 aliphatic carbocycles. The minimum absolute atomic E-state index is 0.0667. The Labute approximate surface area is 245 Å². The molecule has 0 unspecified atom stereocenters. The summed E-state index contributed by atoms with van der Waals surface area (Å²) in [7, 11) is 0. The number of hydrogen-bond donors (Lipinski definition) is 7. The number of aromatic hydroxyl groups is 1. The summed E-state index contributed by atoms with van der Waals surface area (Å²) >= 11 is 0. The maximum atomic E-state index is 13.0. The number of rotatable bonds is 15. The highest BCUT2D eigenvalue weighted by atomic mass is 16.4. The van der Waals surface area contributed by atoms with Gasteiger partial charge in [-0.2, -0.15) is 0 Å². The predicted molar refractivity (Wildman–Crippen MR) is 158 cm³/mol. The van der Waals surface area contributed by atoms with Crippen molar-refractivity contribution in [3.8, 4) is 5.75 Å². The van der Waals surface area contributed by atoms with Gasteiger partial charge in [0.05, 0.1) is 12.6 Å². The number of likely N-dealkylation sites (N-methyl/N-ethyl adjacent to an activating group) is 1. The zero-order valence-corrected chi connectivity index (χ0v) is 24.0. The Kier molecular flexibility index (Phi) is 16.3. The summed E-state index contributed by atoms with van der Waals surface area (Å²) in [5, 5.41) is 22.2. The molecule has 0 radical (unpaired) electrons. The van der Waals surface area contributed by atoms with Crippen molar-refractivity contribution < 1.29 is 29.4 Å². The van der Waals surface area contributed by atoms with Crippen LogP contribution in [-0.4, -0.2) is 88.0 Å². The highest BCUT2D eigenvalue weighted by Gasteiger charge is 2.24. The number of nitrogens with one attached hydrogen (secondary N) is 2. The van der Waals surface area contributed by atoms with Gasteiger partial charge in [0.1, 0.15) is 11.8 Å². The van der Waals surface area contributed by atoms with E-state index in [1.165, 1.54) is 12.1 Å². The highest BCUT2D eigenvalue weighted by Crippen LogP contribution is 2.11. The third kappa shape index (κ3) is 15.2. The van der Waals surface area contributed by atoms with Crippen LogP contribution in [0.25, 0.3) is 0 Å². The molecule has 0 spiro atoms. The van der Waals surface area contributed by atoms with Gasteiger partial charge in [-0.3, -0.25) is 29.2 Å². The Morgan fingerprint density at radius 1 is 1.02 bits per heavy atom. The summed E-state index contributed by atoms with van der Waals surface area (Å²) in [5.41, 5.74) is 18.6. The fourth-order valence-electron chi connectivity index (χ4n) is 3.70. The topological polar surface area (TPSA) is 239 Å². The minimum atomic E-state index is -0.928. The van der Waals surface area contributed by atoms with Gasteiger partial charge < -0.3 is 42.9 Å². The molecule has 2 aromatic rings. The number of benzene rings is 1. The normalized spacial score (nSPS) is 11.6. The number of phenols is 1. The van der Waals surface area contributed by atoms with Crippen molar-refractivity contribution in [2.24, 2.45) is 22.2 Å². The van der Waals surface area contributed by atoms with E-state index in [0.717, 1.165) is 18.1 Å². The van der Waals surface area contributed by atoms with Crippen LogP contribution in [0.3, 0.4) is 0 Å². The molecule has 3 amide bonds. The SMILES string of the molecule is CC(=O)O.CCN(CCc1ccncc1)C(=O)CNC(=O)[C@@H](CCCN=C(N)N)NC(=O)[C@@H](N)Cc1ccc(O)cc1. The van der Waals surface area contributed by atoms with Gasteiger partial charge in [-0.25, -0.2) is 0 Å². The quantitative estimate of drug-likeness (QED) is 0.0801. The maximum Gasteiger partial charge on any atom is 0.300 e. The van der Waals surface area contributed by atoms with Crippen LogP contribution in [-0.2, 0) is 32.0 Å². The molecule has 2 atom stereocenters. The van der Waals surface area contributed by atoms with E-state index in [-0.39, 0.29) is 43.5 Å². The third-order valence-corrected chi connectivity index (χ3v) is 5.88. The lowest BCUT2D eigenvalue weighted by Crippen LogP contribution is -2.53. The lowest BCUT2D eigenvalue weighted by Gasteiger charge is -2.23. The first-order valence-electron chi connectivity index (χ1n) is 13.5. The molecule has 0 saturated heterocycles. The number of carboxylic acids is 1. The third-order valence-electron chi connectivity index (χ3n) is 5.88. The van der Waals surface area contributed by atoms with E-state index in [1.54, 1.807) is 29.4 Å². The summed E-state index contributed by atoms with van der Waals surface area (Å²) in [5.74, 6) is -2.04. The number of nitrogens with two attached hydrogens (primary N) is 3. The van der Waals surface area contributed by atoms with Gasteiger partial charge in [-0.1, -0.05) is 12.1 Å². The number of carboxylic acid groups (broad SMARTS) is 1. The summed E-state index contributed by atoms with van der Waals surface area (Å²) in [6.07, 6.45) is 4.95. The first-order valence-corrected chi connectivity index (χ1v) is 13.5. The van der Waals surface area contributed by atoms with Gasteiger partial charge in [0.15, 0.2) is 5.96 Å². The van der Waals surface area contributed by atoms with Crippen molar-refractivity contribution in [1.82, 2.24) is 20.5 Å². The van der Waals surface area contributed by atoms with Crippen LogP contribution in [0.2, 0.25) is 0 Å². The summed E-state index contributed by atoms with van der Waals surface area (Å²) in [6.45, 7) is 4.01. The molecule has 0 aliphatic rings. The average Bonchev–Trinajstić information content (AvgIpc) is 2.94. The van der Waals surface area contributed by atoms with E-state index in [4.69, 9.17) is 27.1 Å². The first-order chi connectivity index (χ1) is 19.9. The second kappa shape index (κ2) is 19.4. The second-order valence-corrected chi connectivity index (χ2v) is 9.30. The summed E-state index contributed by atoms with van der Waals surface area (Å²) in [4.78, 5) is 57.0. The molecule has 230 valence electrons. The Hall–Kier alpha value is -4.72. The largest absolute Gasteiger partial charge is 0.508 e. The number of aliphatic carboxylic acids is 1. The van der Waals surface area contributed by atoms with E-state index >= 15 is 0 Å². The van der Waals surface area contributed by atoms with E-state index in [1.807, 2.05) is 19.1 Å². The number of aliphatic imine (C=N–C) groups is 1. The smallest absolute Gasteiger partial charge is 0.300 e. The molecule has 0 bridgehead atoms. The van der Waals surface area contributed by atoms with Crippen molar-refractivity contribution in [3.63, 3.8) is 0 Å². The number of carbonyl (C=O) groups is 4. The zero-order chi connectivity index (χ0) is 31.5. The molecule has 2 rings (SSSR count). The standard InChI is InChI=1S/C26H38N8O4.C2H4O2/c1-2-34(15-11-18-9-13-30-14-10-18)23(36)17-32-25(38)22(4-3-12-31-26(28)29)33-24(37)21(27)16-19-5-7-20(35)8-6-19;1-2(3)4/h5-10,13-14,21-22,35H,2-4,11-12,15-17,27H2,1H3,(H,32,38)(H,33,37)(H4,28,29,31);1H3,(H,3,4)/t21-,22+;/m0./s1. The molecular formula is C28H42N8O6. The van der Waals surface area contributed by atoms with Crippen molar-refractivity contribution in [2.75, 3.05) is 26.2 Å². The van der Waals surface area contributed by atoms with E-state index in [0.29, 0.717) is 25.9 Å². The molecular weight excluding hydrogens is 544 g/mol. The van der Waals surface area contributed by atoms with Gasteiger partial charge in [-0.15, -0.1) is 0 Å². The number of guanidine groups is 1. The molecule has 1 heterocycles. The molecule has 0 saturated carbocycles. The van der Waals surface area contributed by atoms with E-state index in [9.17, 15) is 19.5 Å². The fraction of sp³-hybridized carbons (Fsp3) is 0.429. The zero-order valence-electron chi connectivity index (χ0n) is 24.0. The van der Waals surface area contributed by atoms with Crippen LogP contribution in [0.5, 0.6) is 5.75 Å². The Morgan fingerprint density at radius 2 is 1.64 bits per heavy atom. The van der Waals surface area contributed by atoms with Gasteiger partial charge >= 0.3 is 0 Å². The first kappa shape index (κ1) is 35.3. The number of phenolic OH excluding ortho intramolecular Hbond substituents is 1. The molecule has 14 nitrogen and oxygen atoms in total.